The molecule has 0 aromatic heterocycles. The van der Waals surface area contributed by atoms with Crippen molar-refractivity contribution in [2.75, 3.05) is 26.2 Å². The van der Waals surface area contributed by atoms with Gasteiger partial charge in [-0.2, -0.15) is 0 Å². The van der Waals surface area contributed by atoms with Crippen LogP contribution in [0.4, 0.5) is 5.69 Å². The Labute approximate surface area is 110 Å². The number of carbonyl (C=O) groups excluding carboxylic acids is 1. The van der Waals surface area contributed by atoms with Crippen LogP contribution in [0.3, 0.4) is 0 Å². The van der Waals surface area contributed by atoms with E-state index in [4.69, 9.17) is 6.42 Å². The lowest BCUT2D eigenvalue weighted by Gasteiger charge is -2.27. The minimum absolute atomic E-state index is 0.182. The zero-order valence-electron chi connectivity index (χ0n) is 10.3. The fourth-order valence-corrected chi connectivity index (χ4v) is 1.99. The predicted octanol–water partition coefficient (Wildman–Crippen LogP) is 0.622. The predicted molar refractivity (Wildman–Crippen MR) is 69.8 cm³/mol. The van der Waals surface area contributed by atoms with Crippen LogP contribution in [0.1, 0.15) is 15.9 Å². The highest BCUT2D eigenvalue weighted by Crippen LogP contribution is 2.20. The van der Waals surface area contributed by atoms with Crippen LogP contribution in [0, 0.1) is 22.5 Å². The average Bonchev–Trinajstić information content (AvgIpc) is 2.46. The van der Waals surface area contributed by atoms with Crippen molar-refractivity contribution >= 4 is 11.6 Å². The van der Waals surface area contributed by atoms with Crippen LogP contribution in [0.25, 0.3) is 0 Å². The van der Waals surface area contributed by atoms with E-state index in [1.165, 1.54) is 18.2 Å². The number of hydrogen-bond acceptors (Lipinski definition) is 4. The Morgan fingerprint density at radius 2 is 2.11 bits per heavy atom. The molecule has 2 rings (SSSR count). The minimum Gasteiger partial charge on any atom is -0.336 e. The Hall–Kier alpha value is -2.39. The molecule has 1 saturated heterocycles. The Morgan fingerprint density at radius 1 is 1.42 bits per heavy atom. The van der Waals surface area contributed by atoms with Crippen molar-refractivity contribution in [2.45, 2.75) is 0 Å². The van der Waals surface area contributed by atoms with Crippen LogP contribution in [0.15, 0.2) is 18.2 Å². The quantitative estimate of drug-likeness (QED) is 0.480. The van der Waals surface area contributed by atoms with Crippen molar-refractivity contribution in [3.63, 3.8) is 0 Å². The van der Waals surface area contributed by atoms with Crippen LogP contribution in [-0.4, -0.2) is 41.9 Å². The fourth-order valence-electron chi connectivity index (χ4n) is 1.99. The topological polar surface area (TPSA) is 75.5 Å². The van der Waals surface area contributed by atoms with Crippen LogP contribution in [0.5, 0.6) is 0 Å². The molecule has 1 aliphatic rings. The number of nitro groups is 1. The normalized spacial score (nSPS) is 14.8. The summed E-state index contributed by atoms with van der Waals surface area (Å²) in [6, 6.07) is 4.22. The molecule has 19 heavy (non-hydrogen) atoms. The van der Waals surface area contributed by atoms with Gasteiger partial charge in [-0.05, 0) is 12.1 Å². The molecule has 1 aromatic carbocycles. The second kappa shape index (κ2) is 5.50. The van der Waals surface area contributed by atoms with Crippen LogP contribution in [0.2, 0.25) is 0 Å². The molecule has 0 radical (unpaired) electrons. The third-order valence-electron chi connectivity index (χ3n) is 3.00. The van der Waals surface area contributed by atoms with E-state index in [-0.39, 0.29) is 17.2 Å². The number of nitrogens with zero attached hydrogens (tertiary/aromatic N) is 2. The molecule has 6 heteroatoms. The molecule has 6 nitrogen and oxygen atoms in total. The average molecular weight is 259 g/mol. The zero-order valence-corrected chi connectivity index (χ0v) is 10.3. The van der Waals surface area contributed by atoms with Gasteiger partial charge in [0.1, 0.15) is 5.56 Å². The summed E-state index contributed by atoms with van der Waals surface area (Å²) in [6.45, 7) is 2.67. The van der Waals surface area contributed by atoms with Gasteiger partial charge in [-0.1, -0.05) is 5.92 Å². The number of piperazine rings is 1. The number of nitrogens with one attached hydrogen (secondary N) is 1. The molecule has 1 fully saturated rings. The standard InChI is InChI=1S/C13H13N3O3/c1-2-10-3-4-11(9-12(10)16(18)19)13(17)15-7-5-14-6-8-15/h1,3-4,9,14H,5-8H2. The molecule has 0 bridgehead atoms. The van der Waals surface area contributed by atoms with E-state index in [0.29, 0.717) is 18.7 Å². The second-order valence-corrected chi connectivity index (χ2v) is 4.18. The van der Waals surface area contributed by atoms with Gasteiger partial charge in [-0.3, -0.25) is 14.9 Å². The zero-order chi connectivity index (χ0) is 13.8. The molecule has 0 spiro atoms. The second-order valence-electron chi connectivity index (χ2n) is 4.18. The Bertz CT molecular complexity index is 557. The lowest BCUT2D eigenvalue weighted by molar-refractivity contribution is -0.385. The van der Waals surface area contributed by atoms with Gasteiger partial charge < -0.3 is 10.2 Å². The van der Waals surface area contributed by atoms with Crippen LogP contribution in [-0.2, 0) is 0 Å². The Morgan fingerprint density at radius 3 is 2.68 bits per heavy atom. The highest BCUT2D eigenvalue weighted by atomic mass is 16.6. The van der Waals surface area contributed by atoms with Gasteiger partial charge in [0.15, 0.2) is 0 Å². The summed E-state index contributed by atoms with van der Waals surface area (Å²) in [5.74, 6) is 2.05. The van der Waals surface area contributed by atoms with Crippen molar-refractivity contribution in [1.29, 1.82) is 0 Å². The number of terminal acetylenes is 1. The molecule has 1 heterocycles. The molecule has 0 atom stereocenters. The summed E-state index contributed by atoms with van der Waals surface area (Å²) >= 11 is 0. The van der Waals surface area contributed by atoms with E-state index in [1.54, 1.807) is 4.90 Å². The van der Waals surface area contributed by atoms with E-state index >= 15 is 0 Å². The van der Waals surface area contributed by atoms with Gasteiger partial charge in [0.2, 0.25) is 0 Å². The van der Waals surface area contributed by atoms with Gasteiger partial charge in [-0.25, -0.2) is 0 Å². The molecule has 1 N–H and O–H groups in total. The van der Waals surface area contributed by atoms with Crippen molar-refractivity contribution in [3.05, 3.63) is 39.4 Å². The van der Waals surface area contributed by atoms with E-state index in [9.17, 15) is 14.9 Å². The smallest absolute Gasteiger partial charge is 0.285 e. The Balaban J connectivity index is 2.30. The summed E-state index contributed by atoms with van der Waals surface area (Å²) in [5.41, 5.74) is 0.276. The number of nitro benzene ring substituents is 1. The molecule has 1 amide bonds. The van der Waals surface area contributed by atoms with Gasteiger partial charge in [0, 0.05) is 37.8 Å². The van der Waals surface area contributed by atoms with Crippen LogP contribution >= 0.6 is 0 Å². The third kappa shape index (κ3) is 2.72. The molecule has 0 unspecified atom stereocenters. The molecule has 98 valence electrons. The maximum Gasteiger partial charge on any atom is 0.285 e. The van der Waals surface area contributed by atoms with Gasteiger partial charge in [0.25, 0.3) is 11.6 Å². The highest BCUT2D eigenvalue weighted by Gasteiger charge is 2.21. The Kier molecular flexibility index (Phi) is 3.78. The van der Waals surface area contributed by atoms with Crippen molar-refractivity contribution in [2.24, 2.45) is 0 Å². The summed E-state index contributed by atoms with van der Waals surface area (Å²) < 4.78 is 0. The number of hydrogen-bond donors (Lipinski definition) is 1. The summed E-state index contributed by atoms with van der Waals surface area (Å²) in [7, 11) is 0. The largest absolute Gasteiger partial charge is 0.336 e. The highest BCUT2D eigenvalue weighted by molar-refractivity contribution is 5.95. The number of amides is 1. The van der Waals surface area contributed by atoms with Gasteiger partial charge in [0.05, 0.1) is 4.92 Å². The number of carbonyl (C=O) groups is 1. The van der Waals surface area contributed by atoms with Gasteiger partial charge >= 0.3 is 0 Å². The lowest BCUT2D eigenvalue weighted by Crippen LogP contribution is -2.46. The number of benzene rings is 1. The first-order valence-electron chi connectivity index (χ1n) is 5.88. The van der Waals surface area contributed by atoms with Crippen molar-refractivity contribution < 1.29 is 9.72 Å². The van der Waals surface area contributed by atoms with Gasteiger partial charge in [-0.15, -0.1) is 6.42 Å². The maximum absolute atomic E-state index is 12.2. The van der Waals surface area contributed by atoms with E-state index in [1.807, 2.05) is 0 Å². The molecule has 0 saturated carbocycles. The molecule has 1 aromatic rings. The lowest BCUT2D eigenvalue weighted by atomic mass is 10.1. The minimum atomic E-state index is -0.566. The first-order chi connectivity index (χ1) is 9.13. The van der Waals surface area contributed by atoms with E-state index in [0.717, 1.165) is 13.1 Å². The van der Waals surface area contributed by atoms with Crippen LogP contribution < -0.4 is 5.32 Å². The van der Waals surface area contributed by atoms with E-state index in [2.05, 4.69) is 11.2 Å². The molecular formula is C13H13N3O3. The number of rotatable bonds is 2. The van der Waals surface area contributed by atoms with Crippen molar-refractivity contribution in [3.8, 4) is 12.3 Å². The summed E-state index contributed by atoms with van der Waals surface area (Å²) in [5, 5.41) is 14.0. The molecule has 1 aliphatic heterocycles. The van der Waals surface area contributed by atoms with E-state index < -0.39 is 4.92 Å². The molecular weight excluding hydrogens is 246 g/mol. The SMILES string of the molecule is C#Cc1ccc(C(=O)N2CCNCC2)cc1[N+](=O)[O-]. The maximum atomic E-state index is 12.2. The summed E-state index contributed by atoms with van der Waals surface area (Å²) in [6.07, 6.45) is 5.20. The first kappa shape index (κ1) is 13.1. The monoisotopic (exact) mass is 259 g/mol. The first-order valence-corrected chi connectivity index (χ1v) is 5.88. The molecule has 0 aliphatic carbocycles. The fraction of sp³-hybridized carbons (Fsp3) is 0.308. The summed E-state index contributed by atoms with van der Waals surface area (Å²) in [4.78, 5) is 24.2. The van der Waals surface area contributed by atoms with Crippen molar-refractivity contribution in [1.82, 2.24) is 10.2 Å². The third-order valence-corrected chi connectivity index (χ3v) is 3.00.